The van der Waals surface area contributed by atoms with E-state index in [1.807, 2.05) is 66.5 Å². The largest absolute Gasteiger partial charge is 0.337 e. The summed E-state index contributed by atoms with van der Waals surface area (Å²) in [5, 5.41) is 2.04. The van der Waals surface area contributed by atoms with Crippen LogP contribution in [-0.2, 0) is 12.3 Å². The number of carbonyl (C=O) groups excluding carboxylic acids is 1. The standard InChI is InChI=1S/C19H17BrN2OS2/c1-22(10-14-6-2-4-8-17(14)20)19(23)16-7-3-5-9-18(16)25-12-15-11-24-13-21-15/h2-9,11,13H,10,12H2,1H3. The molecule has 0 spiro atoms. The number of carbonyl (C=O) groups is 1. The van der Waals surface area contributed by atoms with Crippen LogP contribution >= 0.6 is 39.0 Å². The van der Waals surface area contributed by atoms with Crippen molar-refractivity contribution in [1.82, 2.24) is 9.88 Å². The van der Waals surface area contributed by atoms with Crippen LogP contribution in [0.4, 0.5) is 0 Å². The first-order chi connectivity index (χ1) is 12.1. The van der Waals surface area contributed by atoms with Gasteiger partial charge in [0.2, 0.25) is 0 Å². The van der Waals surface area contributed by atoms with Gasteiger partial charge in [-0.25, -0.2) is 4.98 Å². The molecule has 1 aromatic heterocycles. The fraction of sp³-hybridized carbons (Fsp3) is 0.158. The second-order valence-electron chi connectivity index (χ2n) is 5.52. The first-order valence-electron chi connectivity index (χ1n) is 7.73. The number of aromatic nitrogens is 1. The fourth-order valence-electron chi connectivity index (χ4n) is 2.39. The molecule has 3 aromatic rings. The predicted octanol–water partition coefficient (Wildman–Crippen LogP) is 5.47. The van der Waals surface area contributed by atoms with E-state index in [0.717, 1.165) is 31.9 Å². The van der Waals surface area contributed by atoms with Crippen LogP contribution in [0.5, 0.6) is 0 Å². The van der Waals surface area contributed by atoms with E-state index in [1.54, 1.807) is 28.0 Å². The molecule has 0 N–H and O–H groups in total. The molecule has 0 atom stereocenters. The van der Waals surface area contributed by atoms with Crippen LogP contribution in [0.1, 0.15) is 21.6 Å². The van der Waals surface area contributed by atoms with Gasteiger partial charge in [0.15, 0.2) is 0 Å². The highest BCUT2D eigenvalue weighted by atomic mass is 79.9. The number of thiazole rings is 1. The molecule has 128 valence electrons. The summed E-state index contributed by atoms with van der Waals surface area (Å²) in [6.45, 7) is 0.561. The van der Waals surface area contributed by atoms with Gasteiger partial charge in [-0.05, 0) is 23.8 Å². The molecular formula is C19H17BrN2OS2. The molecule has 0 aliphatic carbocycles. The Morgan fingerprint density at radius 3 is 2.72 bits per heavy atom. The smallest absolute Gasteiger partial charge is 0.255 e. The lowest BCUT2D eigenvalue weighted by Crippen LogP contribution is -2.26. The zero-order valence-corrected chi connectivity index (χ0v) is 16.9. The molecule has 0 bridgehead atoms. The Labute approximate surface area is 164 Å². The third-order valence-electron chi connectivity index (χ3n) is 3.69. The zero-order valence-electron chi connectivity index (χ0n) is 13.7. The molecule has 6 heteroatoms. The maximum atomic E-state index is 12.9. The topological polar surface area (TPSA) is 33.2 Å². The van der Waals surface area contributed by atoms with Gasteiger partial charge in [-0.3, -0.25) is 4.79 Å². The van der Waals surface area contributed by atoms with E-state index < -0.39 is 0 Å². The van der Waals surface area contributed by atoms with Crippen LogP contribution in [0, 0.1) is 0 Å². The Kier molecular flexibility index (Phi) is 6.29. The van der Waals surface area contributed by atoms with E-state index in [9.17, 15) is 4.79 Å². The molecule has 1 amide bonds. The third-order valence-corrected chi connectivity index (χ3v) is 6.20. The van der Waals surface area contributed by atoms with Crippen molar-refractivity contribution >= 4 is 44.9 Å². The molecule has 0 aliphatic rings. The van der Waals surface area contributed by atoms with Crippen LogP contribution < -0.4 is 0 Å². The maximum absolute atomic E-state index is 12.9. The van der Waals surface area contributed by atoms with E-state index in [-0.39, 0.29) is 5.91 Å². The van der Waals surface area contributed by atoms with Crippen molar-refractivity contribution in [3.8, 4) is 0 Å². The maximum Gasteiger partial charge on any atom is 0.255 e. The van der Waals surface area contributed by atoms with Crippen LogP contribution in [-0.4, -0.2) is 22.8 Å². The first-order valence-corrected chi connectivity index (χ1v) is 10.4. The van der Waals surface area contributed by atoms with Gasteiger partial charge in [-0.2, -0.15) is 0 Å². The average Bonchev–Trinajstić information content (AvgIpc) is 3.15. The molecule has 3 rings (SSSR count). The molecular weight excluding hydrogens is 416 g/mol. The lowest BCUT2D eigenvalue weighted by Gasteiger charge is -2.19. The summed E-state index contributed by atoms with van der Waals surface area (Å²) < 4.78 is 1.01. The molecule has 25 heavy (non-hydrogen) atoms. The van der Waals surface area contributed by atoms with Gasteiger partial charge >= 0.3 is 0 Å². The fourth-order valence-corrected chi connectivity index (χ4v) is 4.41. The quantitative estimate of drug-likeness (QED) is 0.484. The van der Waals surface area contributed by atoms with Crippen molar-refractivity contribution in [2.75, 3.05) is 7.05 Å². The summed E-state index contributed by atoms with van der Waals surface area (Å²) in [4.78, 5) is 20.0. The van der Waals surface area contributed by atoms with Gasteiger partial charge in [-0.15, -0.1) is 23.1 Å². The second-order valence-corrected chi connectivity index (χ2v) is 8.11. The molecule has 0 fully saturated rings. The minimum Gasteiger partial charge on any atom is -0.337 e. The normalized spacial score (nSPS) is 10.6. The number of thioether (sulfide) groups is 1. The van der Waals surface area contributed by atoms with Crippen LogP contribution in [0.3, 0.4) is 0 Å². The third kappa shape index (κ3) is 4.71. The Morgan fingerprint density at radius 2 is 1.96 bits per heavy atom. The Balaban J connectivity index is 1.74. The summed E-state index contributed by atoms with van der Waals surface area (Å²) in [7, 11) is 1.84. The molecule has 1 heterocycles. The summed E-state index contributed by atoms with van der Waals surface area (Å²) in [5.74, 6) is 0.791. The molecule has 0 unspecified atom stereocenters. The number of halogens is 1. The van der Waals surface area contributed by atoms with Crippen LogP contribution in [0.2, 0.25) is 0 Å². The van der Waals surface area contributed by atoms with E-state index in [4.69, 9.17) is 0 Å². The second kappa shape index (κ2) is 8.65. The number of rotatable bonds is 6. The van der Waals surface area contributed by atoms with Crippen molar-refractivity contribution in [3.63, 3.8) is 0 Å². The summed E-state index contributed by atoms with van der Waals surface area (Å²) in [6.07, 6.45) is 0. The lowest BCUT2D eigenvalue weighted by molar-refractivity contribution is 0.0781. The predicted molar refractivity (Wildman–Crippen MR) is 108 cm³/mol. The summed E-state index contributed by atoms with van der Waals surface area (Å²) in [6, 6.07) is 15.7. The molecule has 0 radical (unpaired) electrons. The van der Waals surface area contributed by atoms with E-state index in [0.29, 0.717) is 6.54 Å². The molecule has 0 saturated heterocycles. The zero-order chi connectivity index (χ0) is 17.6. The number of hydrogen-bond acceptors (Lipinski definition) is 4. The Hall–Kier alpha value is -1.63. The van der Waals surface area contributed by atoms with E-state index in [2.05, 4.69) is 20.9 Å². The molecule has 0 aliphatic heterocycles. The highest BCUT2D eigenvalue weighted by molar-refractivity contribution is 9.10. The van der Waals surface area contributed by atoms with Crippen molar-refractivity contribution in [2.45, 2.75) is 17.2 Å². The average molecular weight is 433 g/mol. The summed E-state index contributed by atoms with van der Waals surface area (Å²) >= 11 is 6.78. The number of benzene rings is 2. The van der Waals surface area contributed by atoms with Gasteiger partial charge < -0.3 is 4.90 Å². The SMILES string of the molecule is CN(Cc1ccccc1Br)C(=O)c1ccccc1SCc1cscn1. The van der Waals surface area contributed by atoms with Crippen molar-refractivity contribution in [1.29, 1.82) is 0 Å². The van der Waals surface area contributed by atoms with Gasteiger partial charge in [0.05, 0.1) is 16.8 Å². The van der Waals surface area contributed by atoms with E-state index in [1.165, 1.54) is 0 Å². The van der Waals surface area contributed by atoms with Crippen molar-refractivity contribution < 1.29 is 4.79 Å². The number of amides is 1. The van der Waals surface area contributed by atoms with Crippen molar-refractivity contribution in [2.24, 2.45) is 0 Å². The monoisotopic (exact) mass is 432 g/mol. The first kappa shape index (κ1) is 18.2. The lowest BCUT2D eigenvalue weighted by atomic mass is 10.1. The van der Waals surface area contributed by atoms with Gasteiger partial charge in [0, 0.05) is 34.1 Å². The Bertz CT molecular complexity index is 852. The minimum absolute atomic E-state index is 0.0251. The van der Waals surface area contributed by atoms with Gasteiger partial charge in [0.1, 0.15) is 0 Å². The highest BCUT2D eigenvalue weighted by Crippen LogP contribution is 2.27. The molecule has 0 saturated carbocycles. The van der Waals surface area contributed by atoms with Crippen molar-refractivity contribution in [3.05, 3.63) is 80.7 Å². The number of nitrogens with zero attached hydrogens (tertiary/aromatic N) is 2. The summed E-state index contributed by atoms with van der Waals surface area (Å²) in [5.41, 5.74) is 4.69. The molecule has 3 nitrogen and oxygen atoms in total. The van der Waals surface area contributed by atoms with Crippen LogP contribution in [0.15, 0.2) is 68.8 Å². The van der Waals surface area contributed by atoms with Crippen LogP contribution in [0.25, 0.3) is 0 Å². The number of hydrogen-bond donors (Lipinski definition) is 0. The van der Waals surface area contributed by atoms with Gasteiger partial charge in [0.25, 0.3) is 5.91 Å². The minimum atomic E-state index is 0.0251. The van der Waals surface area contributed by atoms with E-state index >= 15 is 0 Å². The molecule has 2 aromatic carbocycles. The Morgan fingerprint density at radius 1 is 1.20 bits per heavy atom. The van der Waals surface area contributed by atoms with Gasteiger partial charge in [-0.1, -0.05) is 46.3 Å². The highest BCUT2D eigenvalue weighted by Gasteiger charge is 2.17.